The van der Waals surface area contributed by atoms with E-state index in [-0.39, 0.29) is 5.41 Å². The van der Waals surface area contributed by atoms with E-state index in [0.717, 1.165) is 32.1 Å². The van der Waals surface area contributed by atoms with Crippen LogP contribution >= 0.6 is 0 Å². The van der Waals surface area contributed by atoms with Gasteiger partial charge in [0.1, 0.15) is 0 Å². The van der Waals surface area contributed by atoms with Crippen LogP contribution in [-0.2, 0) is 126 Å². The molecule has 0 bridgehead atoms. The zero-order chi connectivity index (χ0) is 65.2. The maximum absolute atomic E-state index is 6.13. The van der Waals surface area contributed by atoms with Gasteiger partial charge in [0, 0.05) is 32.8 Å². The number of benzene rings is 2. The number of ether oxygens (including phenoxy) is 24. The minimum Gasteiger partial charge on any atom is -0.382 e. The van der Waals surface area contributed by atoms with Crippen LogP contribution in [0.3, 0.4) is 0 Å². The summed E-state index contributed by atoms with van der Waals surface area (Å²) in [5.74, 6) is 0. The molecular formula is C68H120O24. The predicted molar refractivity (Wildman–Crippen MR) is 347 cm³/mol. The molecule has 2 aromatic carbocycles. The second kappa shape index (κ2) is 64.5. The van der Waals surface area contributed by atoms with Gasteiger partial charge in [-0.2, -0.15) is 0 Å². The number of hydrogen-bond donors (Lipinski definition) is 0. The van der Waals surface area contributed by atoms with E-state index in [9.17, 15) is 0 Å². The summed E-state index contributed by atoms with van der Waals surface area (Å²) < 4.78 is 133. The van der Waals surface area contributed by atoms with Crippen molar-refractivity contribution in [3.63, 3.8) is 0 Å². The molecular weight excluding hydrogens is 1200 g/mol. The first-order valence-electron chi connectivity index (χ1n) is 33.6. The zero-order valence-corrected chi connectivity index (χ0v) is 56.8. The van der Waals surface area contributed by atoms with Crippen molar-refractivity contribution in [3.8, 4) is 11.1 Å². The van der Waals surface area contributed by atoms with E-state index in [0.29, 0.717) is 304 Å². The molecule has 0 aromatic heterocycles. The summed E-state index contributed by atoms with van der Waals surface area (Å²) in [6.07, 6.45) is 4.81. The van der Waals surface area contributed by atoms with Gasteiger partial charge in [-0.25, -0.2) is 0 Å². The molecule has 0 radical (unpaired) electrons. The molecule has 1 aliphatic rings. The quantitative estimate of drug-likeness (QED) is 0.0689. The van der Waals surface area contributed by atoms with Gasteiger partial charge >= 0.3 is 0 Å². The van der Waals surface area contributed by atoms with Crippen LogP contribution in [0, 0.1) is 6.92 Å². The van der Waals surface area contributed by atoms with E-state index in [1.165, 1.54) is 33.4 Å². The molecule has 24 heteroatoms. The fourth-order valence-electron chi connectivity index (χ4n) is 9.38. The molecule has 0 saturated carbocycles. The van der Waals surface area contributed by atoms with E-state index in [1.807, 2.05) is 0 Å². The lowest BCUT2D eigenvalue weighted by Crippen LogP contribution is -2.27. The summed E-state index contributed by atoms with van der Waals surface area (Å²) in [5, 5.41) is 0. The number of fused-ring (bicyclic) bond motifs is 3. The first-order chi connectivity index (χ1) is 45.7. The Morgan fingerprint density at radius 1 is 0.239 bits per heavy atom. The van der Waals surface area contributed by atoms with Crippen LogP contribution in [0.4, 0.5) is 0 Å². The summed E-state index contributed by atoms with van der Waals surface area (Å²) in [6.45, 7) is 28.4. The van der Waals surface area contributed by atoms with Crippen LogP contribution in [0.15, 0.2) is 36.4 Å². The first kappa shape index (κ1) is 83.7. The van der Waals surface area contributed by atoms with E-state index in [2.05, 4.69) is 50.2 Å². The largest absolute Gasteiger partial charge is 0.382 e. The lowest BCUT2D eigenvalue weighted by Gasteiger charge is -2.33. The molecule has 0 aliphatic heterocycles. The lowest BCUT2D eigenvalue weighted by molar-refractivity contribution is -0.0281. The van der Waals surface area contributed by atoms with Gasteiger partial charge in [0.05, 0.1) is 291 Å². The Balaban J connectivity index is 1.09. The molecule has 0 amide bonds. The lowest BCUT2D eigenvalue weighted by atomic mass is 9.71. The van der Waals surface area contributed by atoms with Crippen LogP contribution in [0.5, 0.6) is 0 Å². The molecule has 2 aromatic rings. The van der Waals surface area contributed by atoms with Crippen LogP contribution < -0.4 is 0 Å². The normalized spacial score (nSPS) is 12.7. The van der Waals surface area contributed by atoms with Crippen LogP contribution in [0.25, 0.3) is 11.1 Å². The standard InChI is InChI=1S/C68H120O24/c1-5-63-9-11-65-64-10-8-62(2)60-66(64)68(67(65)61-63,12-6-14-71-20-22-75-28-30-79-36-38-83-44-46-87-52-54-91-58-56-89-50-48-85-42-40-81-34-32-77-26-24-73-18-16-69-3)13-7-15-72-21-23-76-29-31-80-37-39-84-45-47-88-53-55-92-59-57-90-51-49-86-43-41-82-35-33-78-27-25-74-19-17-70-4/h8-11,60-61H,5-7,12-59H2,1-4H3. The highest BCUT2D eigenvalue weighted by Gasteiger charge is 2.42. The molecule has 0 N–H and O–H groups in total. The van der Waals surface area contributed by atoms with Gasteiger partial charge in [-0.1, -0.05) is 48.9 Å². The maximum atomic E-state index is 6.13. The Kier molecular flexibility index (Phi) is 58.7. The van der Waals surface area contributed by atoms with Gasteiger partial charge in [0.25, 0.3) is 0 Å². The summed E-state index contributed by atoms with van der Waals surface area (Å²) in [5.41, 5.74) is 8.05. The van der Waals surface area contributed by atoms with E-state index >= 15 is 0 Å². The Hall–Kier alpha value is -2.52. The Morgan fingerprint density at radius 3 is 0.652 bits per heavy atom. The highest BCUT2D eigenvalue weighted by molar-refractivity contribution is 5.81. The maximum Gasteiger partial charge on any atom is 0.0701 e. The second-order valence-corrected chi connectivity index (χ2v) is 21.0. The summed E-state index contributed by atoms with van der Waals surface area (Å²) in [4.78, 5) is 0. The topological polar surface area (TPSA) is 222 Å². The number of hydrogen-bond acceptors (Lipinski definition) is 24. The monoisotopic (exact) mass is 1320 g/mol. The van der Waals surface area contributed by atoms with Crippen molar-refractivity contribution in [1.29, 1.82) is 0 Å². The summed E-state index contributed by atoms with van der Waals surface area (Å²) in [6, 6.07) is 14.0. The molecule has 0 spiro atoms. The van der Waals surface area contributed by atoms with Gasteiger partial charge in [-0.15, -0.1) is 0 Å². The Morgan fingerprint density at radius 2 is 0.435 bits per heavy atom. The number of methoxy groups -OCH3 is 2. The molecule has 0 heterocycles. The van der Waals surface area contributed by atoms with Crippen LogP contribution in [-0.4, -0.2) is 318 Å². The van der Waals surface area contributed by atoms with Gasteiger partial charge in [-0.3, -0.25) is 0 Å². The molecule has 0 atom stereocenters. The van der Waals surface area contributed by atoms with Crippen molar-refractivity contribution in [1.82, 2.24) is 0 Å². The van der Waals surface area contributed by atoms with E-state index < -0.39 is 0 Å². The first-order valence-corrected chi connectivity index (χ1v) is 33.6. The molecule has 0 unspecified atom stereocenters. The van der Waals surface area contributed by atoms with Crippen molar-refractivity contribution in [2.45, 2.75) is 51.4 Å². The van der Waals surface area contributed by atoms with Gasteiger partial charge in [0.15, 0.2) is 0 Å². The third kappa shape index (κ3) is 45.8. The fourth-order valence-corrected chi connectivity index (χ4v) is 9.38. The van der Waals surface area contributed by atoms with Crippen LogP contribution in [0.1, 0.15) is 54.9 Å². The third-order valence-electron chi connectivity index (χ3n) is 14.1. The fraction of sp³-hybridized carbons (Fsp3) is 0.824. The van der Waals surface area contributed by atoms with Gasteiger partial charge in [0.2, 0.25) is 0 Å². The summed E-state index contributed by atoms with van der Waals surface area (Å²) in [7, 11) is 3.29. The van der Waals surface area contributed by atoms with Crippen molar-refractivity contribution in [2.75, 3.05) is 318 Å². The number of rotatable bonds is 75. The third-order valence-corrected chi connectivity index (χ3v) is 14.1. The molecule has 1 aliphatic carbocycles. The Labute approximate surface area is 551 Å². The van der Waals surface area contributed by atoms with Crippen LogP contribution in [0.2, 0.25) is 0 Å². The molecule has 0 fully saturated rings. The van der Waals surface area contributed by atoms with Gasteiger partial charge < -0.3 is 114 Å². The highest BCUT2D eigenvalue weighted by atomic mass is 16.6. The minimum atomic E-state index is -0.123. The van der Waals surface area contributed by atoms with Crippen molar-refractivity contribution in [2.24, 2.45) is 0 Å². The average molecular weight is 1320 g/mol. The Bertz CT molecular complexity index is 1800. The molecule has 24 nitrogen and oxygen atoms in total. The average Bonchev–Trinajstić information content (AvgIpc) is 1.57. The van der Waals surface area contributed by atoms with Crippen molar-refractivity contribution < 1.29 is 114 Å². The summed E-state index contributed by atoms with van der Waals surface area (Å²) >= 11 is 0. The molecule has 0 saturated heterocycles. The predicted octanol–water partition coefficient (Wildman–Crippen LogP) is 6.04. The van der Waals surface area contributed by atoms with Gasteiger partial charge in [-0.05, 0) is 66.8 Å². The highest BCUT2D eigenvalue weighted by Crippen LogP contribution is 2.54. The van der Waals surface area contributed by atoms with E-state index in [1.54, 1.807) is 14.2 Å². The minimum absolute atomic E-state index is 0.123. The van der Waals surface area contributed by atoms with E-state index in [4.69, 9.17) is 114 Å². The van der Waals surface area contributed by atoms with Crippen molar-refractivity contribution in [3.05, 3.63) is 58.7 Å². The zero-order valence-electron chi connectivity index (χ0n) is 56.8. The molecule has 536 valence electrons. The number of aryl methyl sites for hydroxylation is 2. The molecule has 92 heavy (non-hydrogen) atoms. The molecule has 3 rings (SSSR count). The SMILES string of the molecule is CCc1ccc2c(c1)C(CCCOCCOCCOCCOCCOCCOCCOCCOCCOCCOCCOCCOC)(CCCOCCOCCOCCOCCOCCOCCOCCOCCOCCOCCOCCOC)c1cc(C)ccc1-2. The second-order valence-electron chi connectivity index (χ2n) is 21.0. The smallest absolute Gasteiger partial charge is 0.0701 e. The van der Waals surface area contributed by atoms with Crippen molar-refractivity contribution >= 4 is 0 Å².